The normalized spacial score (nSPS) is 26.9. The Labute approximate surface area is 88.4 Å². The summed E-state index contributed by atoms with van der Waals surface area (Å²) in [7, 11) is 0. The molecule has 1 unspecified atom stereocenters. The number of carbonyl (C=O) groups excluding carboxylic acids is 1. The average Bonchev–Trinajstić information content (AvgIpc) is 2.86. The van der Waals surface area contributed by atoms with E-state index in [-0.39, 0.29) is 5.91 Å². The molecule has 1 aromatic carbocycles. The predicted octanol–water partition coefficient (Wildman–Crippen LogP) is 1.72. The van der Waals surface area contributed by atoms with E-state index >= 15 is 0 Å². The van der Waals surface area contributed by atoms with Crippen molar-refractivity contribution in [1.82, 2.24) is 0 Å². The van der Waals surface area contributed by atoms with Gasteiger partial charge < -0.3 is 4.90 Å². The van der Waals surface area contributed by atoms with Gasteiger partial charge in [-0.05, 0) is 19.9 Å². The van der Waals surface area contributed by atoms with Gasteiger partial charge in [0.15, 0.2) is 0 Å². The fourth-order valence-corrected chi connectivity index (χ4v) is 2.43. The Morgan fingerprint density at radius 1 is 1.40 bits per heavy atom. The largest absolute Gasteiger partial charge is 0.310 e. The first-order valence-corrected chi connectivity index (χ1v) is 5.20. The van der Waals surface area contributed by atoms with Crippen LogP contribution in [-0.4, -0.2) is 18.2 Å². The molecule has 1 spiro atoms. The van der Waals surface area contributed by atoms with Crippen molar-refractivity contribution in [2.24, 2.45) is 4.99 Å². The minimum atomic E-state index is -0.605. The smallest absolute Gasteiger partial charge is 0.265 e. The number of hydrogen-bond acceptors (Lipinski definition) is 2. The van der Waals surface area contributed by atoms with Crippen molar-refractivity contribution in [3.8, 4) is 0 Å². The number of para-hydroxylation sites is 1. The van der Waals surface area contributed by atoms with Crippen LogP contribution in [-0.2, 0) is 10.3 Å². The molecule has 3 rings (SSSR count). The van der Waals surface area contributed by atoms with Crippen LogP contribution in [0.5, 0.6) is 0 Å². The number of nitrogens with zero attached hydrogens (tertiary/aromatic N) is 2. The molecule has 15 heavy (non-hydrogen) atoms. The minimum Gasteiger partial charge on any atom is -0.310 e. The Bertz CT molecular complexity index is 492. The van der Waals surface area contributed by atoms with Crippen LogP contribution in [0.25, 0.3) is 0 Å². The first-order chi connectivity index (χ1) is 7.21. The van der Waals surface area contributed by atoms with E-state index in [0.717, 1.165) is 17.0 Å². The van der Waals surface area contributed by atoms with Crippen LogP contribution < -0.4 is 4.90 Å². The number of carbonyl (C=O) groups is 1. The minimum absolute atomic E-state index is 0.115. The standard InChI is InChI=1S/C12H12N2O/c1-3-14-10-7-5-4-6-9(10)12(11(14)15)8(2)13-12/h4-7H,3H2,1-2H3. The zero-order valence-electron chi connectivity index (χ0n) is 8.82. The lowest BCUT2D eigenvalue weighted by atomic mass is 9.96. The van der Waals surface area contributed by atoms with Gasteiger partial charge in [0, 0.05) is 12.1 Å². The summed E-state index contributed by atoms with van der Waals surface area (Å²) in [5.41, 5.74) is 2.41. The average molecular weight is 200 g/mol. The van der Waals surface area contributed by atoms with Gasteiger partial charge >= 0.3 is 0 Å². The summed E-state index contributed by atoms with van der Waals surface area (Å²) >= 11 is 0. The third-order valence-electron chi connectivity index (χ3n) is 3.26. The molecule has 0 aliphatic carbocycles. The van der Waals surface area contributed by atoms with E-state index in [1.54, 1.807) is 0 Å². The summed E-state index contributed by atoms with van der Waals surface area (Å²) in [6, 6.07) is 7.93. The molecule has 1 aromatic rings. The summed E-state index contributed by atoms with van der Waals surface area (Å²) in [6.45, 7) is 4.62. The molecule has 0 saturated carbocycles. The second-order valence-electron chi connectivity index (χ2n) is 3.97. The Morgan fingerprint density at radius 2 is 2.07 bits per heavy atom. The number of rotatable bonds is 1. The highest BCUT2D eigenvalue weighted by Crippen LogP contribution is 2.50. The molecule has 2 aliphatic heterocycles. The molecule has 2 aliphatic rings. The van der Waals surface area contributed by atoms with Crippen LogP contribution in [0.1, 0.15) is 19.4 Å². The Balaban J connectivity index is 2.21. The number of hydrogen-bond donors (Lipinski definition) is 0. The van der Waals surface area contributed by atoms with E-state index < -0.39 is 5.54 Å². The lowest BCUT2D eigenvalue weighted by Gasteiger charge is -2.14. The molecule has 0 aromatic heterocycles. The fraction of sp³-hybridized carbons (Fsp3) is 0.333. The monoisotopic (exact) mass is 200 g/mol. The maximum Gasteiger partial charge on any atom is 0.265 e. The molecule has 76 valence electrons. The Kier molecular flexibility index (Phi) is 1.43. The van der Waals surface area contributed by atoms with Gasteiger partial charge in [-0.2, -0.15) is 0 Å². The van der Waals surface area contributed by atoms with Crippen molar-refractivity contribution in [2.45, 2.75) is 19.4 Å². The van der Waals surface area contributed by atoms with Gasteiger partial charge in [-0.3, -0.25) is 9.79 Å². The van der Waals surface area contributed by atoms with E-state index in [4.69, 9.17) is 0 Å². The summed E-state index contributed by atoms with van der Waals surface area (Å²) in [5.74, 6) is 0.115. The topological polar surface area (TPSA) is 32.7 Å². The molecule has 0 saturated heterocycles. The van der Waals surface area contributed by atoms with Gasteiger partial charge in [0.25, 0.3) is 5.91 Å². The van der Waals surface area contributed by atoms with E-state index in [1.807, 2.05) is 43.0 Å². The van der Waals surface area contributed by atoms with E-state index in [1.165, 1.54) is 0 Å². The third-order valence-corrected chi connectivity index (χ3v) is 3.26. The van der Waals surface area contributed by atoms with Gasteiger partial charge in [0.1, 0.15) is 0 Å². The highest BCUT2D eigenvalue weighted by Gasteiger charge is 2.60. The number of aliphatic imine (C=N–C) groups is 1. The summed E-state index contributed by atoms with van der Waals surface area (Å²) in [4.78, 5) is 18.3. The number of likely N-dealkylation sites (N-methyl/N-ethyl adjacent to an activating group) is 1. The lowest BCUT2D eigenvalue weighted by molar-refractivity contribution is -0.119. The van der Waals surface area contributed by atoms with Crippen LogP contribution in [0, 0.1) is 0 Å². The highest BCUT2D eigenvalue weighted by molar-refractivity contribution is 6.30. The van der Waals surface area contributed by atoms with Gasteiger partial charge in [0.2, 0.25) is 5.54 Å². The third kappa shape index (κ3) is 0.814. The lowest BCUT2D eigenvalue weighted by Crippen LogP contribution is -2.34. The van der Waals surface area contributed by atoms with Gasteiger partial charge in [-0.15, -0.1) is 0 Å². The van der Waals surface area contributed by atoms with Crippen molar-refractivity contribution < 1.29 is 4.79 Å². The van der Waals surface area contributed by atoms with Crippen LogP contribution in [0.2, 0.25) is 0 Å². The van der Waals surface area contributed by atoms with E-state index in [0.29, 0.717) is 6.54 Å². The SMILES string of the molecule is CCN1C(=O)C2(N=C2C)c2ccccc21. The maximum absolute atomic E-state index is 12.2. The molecule has 3 nitrogen and oxygen atoms in total. The fourth-order valence-electron chi connectivity index (χ4n) is 2.43. The highest BCUT2D eigenvalue weighted by atomic mass is 16.2. The van der Waals surface area contributed by atoms with Crippen molar-refractivity contribution in [3.63, 3.8) is 0 Å². The Morgan fingerprint density at radius 3 is 2.67 bits per heavy atom. The molecule has 0 radical (unpaired) electrons. The molecule has 1 atom stereocenters. The number of anilines is 1. The molecular formula is C12H12N2O. The number of benzene rings is 1. The number of fused-ring (bicyclic) bond motifs is 2. The molecule has 1 amide bonds. The van der Waals surface area contributed by atoms with Crippen molar-refractivity contribution in [1.29, 1.82) is 0 Å². The summed E-state index contributed by atoms with van der Waals surface area (Å²) in [5, 5.41) is 0. The summed E-state index contributed by atoms with van der Waals surface area (Å²) in [6.07, 6.45) is 0. The zero-order chi connectivity index (χ0) is 10.6. The van der Waals surface area contributed by atoms with Gasteiger partial charge in [-0.25, -0.2) is 0 Å². The molecule has 0 fully saturated rings. The zero-order valence-corrected chi connectivity index (χ0v) is 8.82. The molecule has 3 heteroatoms. The van der Waals surface area contributed by atoms with Crippen LogP contribution >= 0.6 is 0 Å². The maximum atomic E-state index is 12.2. The first kappa shape index (κ1) is 8.65. The first-order valence-electron chi connectivity index (χ1n) is 5.20. The van der Waals surface area contributed by atoms with Gasteiger partial charge in [0.05, 0.1) is 11.4 Å². The van der Waals surface area contributed by atoms with Crippen molar-refractivity contribution >= 4 is 17.3 Å². The molecule has 0 N–H and O–H groups in total. The quantitative estimate of drug-likeness (QED) is 0.679. The van der Waals surface area contributed by atoms with Crippen LogP contribution in [0.3, 0.4) is 0 Å². The van der Waals surface area contributed by atoms with E-state index in [2.05, 4.69) is 4.99 Å². The summed E-state index contributed by atoms with van der Waals surface area (Å²) < 4.78 is 0. The number of amides is 1. The molecule has 0 bridgehead atoms. The molecular weight excluding hydrogens is 188 g/mol. The molecule has 2 heterocycles. The predicted molar refractivity (Wildman–Crippen MR) is 59.3 cm³/mol. The second kappa shape index (κ2) is 2.48. The van der Waals surface area contributed by atoms with Crippen LogP contribution in [0.15, 0.2) is 29.3 Å². The Hall–Kier alpha value is -1.64. The second-order valence-corrected chi connectivity index (χ2v) is 3.97. The van der Waals surface area contributed by atoms with Crippen LogP contribution in [0.4, 0.5) is 5.69 Å². The van der Waals surface area contributed by atoms with E-state index in [9.17, 15) is 4.79 Å². The van der Waals surface area contributed by atoms with Gasteiger partial charge in [-0.1, -0.05) is 18.2 Å². The van der Waals surface area contributed by atoms with Crippen molar-refractivity contribution in [3.05, 3.63) is 29.8 Å². The van der Waals surface area contributed by atoms with Crippen molar-refractivity contribution in [2.75, 3.05) is 11.4 Å².